The molecule has 0 bridgehead atoms. The number of benzene rings is 1. The average molecular weight is 419 g/mol. The molecule has 3 aromatic rings. The van der Waals surface area contributed by atoms with E-state index < -0.39 is 0 Å². The number of aliphatic imine (C=N–C) groups is 1. The van der Waals surface area contributed by atoms with Gasteiger partial charge in [0.05, 0.1) is 0 Å². The quantitative estimate of drug-likeness (QED) is 0.345. The summed E-state index contributed by atoms with van der Waals surface area (Å²) in [5.41, 5.74) is 1.89. The largest absolute Gasteiger partial charge is 0.357 e. The van der Waals surface area contributed by atoms with Crippen molar-refractivity contribution in [2.45, 2.75) is 19.9 Å². The molecule has 0 aliphatic rings. The molecule has 7 nitrogen and oxygen atoms in total. The van der Waals surface area contributed by atoms with Crippen molar-refractivity contribution in [3.8, 4) is 11.4 Å². The van der Waals surface area contributed by atoms with Gasteiger partial charge in [-0.25, -0.2) is 9.98 Å². The normalized spacial score (nSPS) is 11.5. The van der Waals surface area contributed by atoms with E-state index in [1.54, 1.807) is 24.4 Å². The fraction of sp³-hybridized carbons (Fsp3) is 0.263. The van der Waals surface area contributed by atoms with Crippen molar-refractivity contribution in [3.63, 3.8) is 0 Å². The van der Waals surface area contributed by atoms with Crippen molar-refractivity contribution in [1.82, 2.24) is 25.8 Å². The molecule has 1 aromatic carbocycles. The van der Waals surface area contributed by atoms with Crippen molar-refractivity contribution in [2.24, 2.45) is 4.99 Å². The number of rotatable bonds is 7. The summed E-state index contributed by atoms with van der Waals surface area (Å²) in [5, 5.41) is 11.6. The molecule has 0 saturated carbocycles. The van der Waals surface area contributed by atoms with Gasteiger partial charge in [-0.3, -0.25) is 0 Å². The number of nitrogens with one attached hydrogen (secondary N) is 2. The van der Waals surface area contributed by atoms with Gasteiger partial charge in [0, 0.05) is 29.9 Å². The van der Waals surface area contributed by atoms with Crippen LogP contribution < -0.4 is 10.6 Å². The molecule has 2 aromatic heterocycles. The predicted molar refractivity (Wildman–Crippen MR) is 111 cm³/mol. The molecule has 3 rings (SSSR count). The van der Waals surface area contributed by atoms with Gasteiger partial charge in [0.2, 0.25) is 11.7 Å². The highest BCUT2D eigenvalue weighted by Crippen LogP contribution is 2.20. The number of halogens is 2. The minimum absolute atomic E-state index is 0.269. The van der Waals surface area contributed by atoms with Crippen LogP contribution in [0, 0.1) is 0 Å². The second-order valence-corrected chi connectivity index (χ2v) is 6.71. The van der Waals surface area contributed by atoms with E-state index in [-0.39, 0.29) is 6.54 Å². The van der Waals surface area contributed by atoms with Crippen LogP contribution in [0.15, 0.2) is 52.1 Å². The first-order valence-corrected chi connectivity index (χ1v) is 9.61. The fourth-order valence-corrected chi connectivity index (χ4v) is 2.73. The molecule has 0 aliphatic carbocycles. The molecule has 9 heteroatoms. The summed E-state index contributed by atoms with van der Waals surface area (Å²) < 4.78 is 5.28. The SMILES string of the molecule is CCNC(=NCc1nc(-c2cccc(Cl)c2)no1)NCCc1ccc(Cl)nc1. The molecule has 0 amide bonds. The Morgan fingerprint density at radius 3 is 2.82 bits per heavy atom. The van der Waals surface area contributed by atoms with Crippen LogP contribution in [-0.2, 0) is 13.0 Å². The van der Waals surface area contributed by atoms with Gasteiger partial charge < -0.3 is 15.2 Å². The zero-order valence-electron chi connectivity index (χ0n) is 15.3. The second-order valence-electron chi connectivity index (χ2n) is 5.88. The Labute approximate surface area is 173 Å². The summed E-state index contributed by atoms with van der Waals surface area (Å²) in [6.07, 6.45) is 2.57. The highest BCUT2D eigenvalue weighted by Gasteiger charge is 2.09. The molecule has 0 spiro atoms. The van der Waals surface area contributed by atoms with E-state index in [1.165, 1.54) is 0 Å². The van der Waals surface area contributed by atoms with Crippen LogP contribution in [0.1, 0.15) is 18.4 Å². The Bertz CT molecular complexity index is 926. The second kappa shape index (κ2) is 10.1. The molecule has 0 radical (unpaired) electrons. The maximum Gasteiger partial charge on any atom is 0.248 e. The Morgan fingerprint density at radius 2 is 2.07 bits per heavy atom. The van der Waals surface area contributed by atoms with Crippen LogP contribution in [0.2, 0.25) is 10.2 Å². The van der Waals surface area contributed by atoms with Crippen LogP contribution in [-0.4, -0.2) is 34.2 Å². The molecule has 146 valence electrons. The molecule has 2 heterocycles. The first-order chi connectivity index (χ1) is 13.6. The summed E-state index contributed by atoms with van der Waals surface area (Å²) in [4.78, 5) is 12.9. The molecule has 2 N–H and O–H groups in total. The van der Waals surface area contributed by atoms with Crippen molar-refractivity contribution < 1.29 is 4.52 Å². The van der Waals surface area contributed by atoms with E-state index in [2.05, 4.69) is 30.8 Å². The lowest BCUT2D eigenvalue weighted by Crippen LogP contribution is -2.38. The van der Waals surface area contributed by atoms with Crippen molar-refractivity contribution in [1.29, 1.82) is 0 Å². The summed E-state index contributed by atoms with van der Waals surface area (Å²) >= 11 is 11.8. The number of aromatic nitrogens is 3. The summed E-state index contributed by atoms with van der Waals surface area (Å²) in [6.45, 7) is 3.72. The maximum absolute atomic E-state index is 6.00. The zero-order chi connectivity index (χ0) is 19.8. The minimum Gasteiger partial charge on any atom is -0.357 e. The number of pyridine rings is 1. The first kappa shape index (κ1) is 20.1. The molecule has 0 saturated heterocycles. The summed E-state index contributed by atoms with van der Waals surface area (Å²) in [6, 6.07) is 11.0. The van der Waals surface area contributed by atoms with E-state index in [9.17, 15) is 0 Å². The van der Waals surface area contributed by atoms with E-state index in [0.717, 1.165) is 24.1 Å². The van der Waals surface area contributed by atoms with Crippen LogP contribution >= 0.6 is 23.2 Å². The van der Waals surface area contributed by atoms with E-state index >= 15 is 0 Å². The standard InChI is InChI=1S/C19H20Cl2N6O/c1-2-22-19(23-9-8-13-6-7-16(21)24-11-13)25-12-17-26-18(27-28-17)14-4-3-5-15(20)10-14/h3-7,10-11H,2,8-9,12H2,1H3,(H2,22,23,25). The molecule has 0 fully saturated rings. The Kier molecular flexibility index (Phi) is 7.22. The van der Waals surface area contributed by atoms with Crippen LogP contribution in [0.25, 0.3) is 11.4 Å². The molecule has 0 unspecified atom stereocenters. The van der Waals surface area contributed by atoms with Gasteiger partial charge in [-0.15, -0.1) is 0 Å². The van der Waals surface area contributed by atoms with Gasteiger partial charge in [0.1, 0.15) is 11.7 Å². The molecule has 0 atom stereocenters. The van der Waals surface area contributed by atoms with E-state index in [0.29, 0.717) is 34.4 Å². The van der Waals surface area contributed by atoms with Crippen molar-refractivity contribution in [3.05, 3.63) is 64.2 Å². The third kappa shape index (κ3) is 5.94. The number of hydrogen-bond acceptors (Lipinski definition) is 5. The smallest absolute Gasteiger partial charge is 0.248 e. The number of guanidine groups is 1. The number of nitrogens with zero attached hydrogens (tertiary/aromatic N) is 4. The Balaban J connectivity index is 1.57. The number of hydrogen-bond donors (Lipinski definition) is 2. The van der Waals surface area contributed by atoms with Gasteiger partial charge in [-0.1, -0.05) is 46.6 Å². The van der Waals surface area contributed by atoms with Gasteiger partial charge in [0.25, 0.3) is 0 Å². The van der Waals surface area contributed by atoms with Gasteiger partial charge in [-0.05, 0) is 37.1 Å². The molecular weight excluding hydrogens is 399 g/mol. The predicted octanol–water partition coefficient (Wildman–Crippen LogP) is 3.74. The Morgan fingerprint density at radius 1 is 1.18 bits per heavy atom. The van der Waals surface area contributed by atoms with Crippen LogP contribution in [0.4, 0.5) is 0 Å². The maximum atomic E-state index is 6.00. The highest BCUT2D eigenvalue weighted by molar-refractivity contribution is 6.30. The molecule has 0 aliphatic heterocycles. The van der Waals surface area contributed by atoms with Crippen molar-refractivity contribution in [2.75, 3.05) is 13.1 Å². The monoisotopic (exact) mass is 418 g/mol. The zero-order valence-corrected chi connectivity index (χ0v) is 16.8. The van der Waals surface area contributed by atoms with Crippen LogP contribution in [0.5, 0.6) is 0 Å². The third-order valence-electron chi connectivity index (χ3n) is 3.76. The van der Waals surface area contributed by atoms with Crippen molar-refractivity contribution >= 4 is 29.2 Å². The molecule has 28 heavy (non-hydrogen) atoms. The Hall–Kier alpha value is -2.64. The van der Waals surface area contributed by atoms with Gasteiger partial charge in [0.15, 0.2) is 5.96 Å². The van der Waals surface area contributed by atoms with E-state index in [4.69, 9.17) is 27.7 Å². The third-order valence-corrected chi connectivity index (χ3v) is 4.22. The summed E-state index contributed by atoms with van der Waals surface area (Å²) in [5.74, 6) is 1.59. The van der Waals surface area contributed by atoms with Gasteiger partial charge in [-0.2, -0.15) is 4.98 Å². The molecular formula is C19H20Cl2N6O. The van der Waals surface area contributed by atoms with E-state index in [1.807, 2.05) is 25.1 Å². The fourth-order valence-electron chi connectivity index (χ4n) is 2.43. The van der Waals surface area contributed by atoms with Gasteiger partial charge >= 0.3 is 0 Å². The minimum atomic E-state index is 0.269. The highest BCUT2D eigenvalue weighted by atomic mass is 35.5. The summed E-state index contributed by atoms with van der Waals surface area (Å²) in [7, 11) is 0. The van der Waals surface area contributed by atoms with Crippen LogP contribution in [0.3, 0.4) is 0 Å². The lowest BCUT2D eigenvalue weighted by atomic mass is 10.2. The lowest BCUT2D eigenvalue weighted by molar-refractivity contribution is 0.380. The lowest BCUT2D eigenvalue weighted by Gasteiger charge is -2.10. The average Bonchev–Trinajstić information content (AvgIpc) is 3.17. The topological polar surface area (TPSA) is 88.2 Å². The first-order valence-electron chi connectivity index (χ1n) is 8.85.